The highest BCUT2D eigenvalue weighted by Gasteiger charge is 2.25. The lowest BCUT2D eigenvalue weighted by molar-refractivity contribution is -0.123. The molecule has 0 saturated carbocycles. The Kier molecular flexibility index (Phi) is 7.13. The number of hydrogen-bond acceptors (Lipinski definition) is 4. The fourth-order valence-corrected chi connectivity index (χ4v) is 3.05. The van der Waals surface area contributed by atoms with Gasteiger partial charge in [0, 0.05) is 12.0 Å². The zero-order valence-corrected chi connectivity index (χ0v) is 13.7. The zero-order chi connectivity index (χ0) is 15.9. The number of hydrogen-bond donors (Lipinski definition) is 2. The molecule has 0 spiro atoms. The van der Waals surface area contributed by atoms with Crippen molar-refractivity contribution in [2.24, 2.45) is 11.7 Å². The summed E-state index contributed by atoms with van der Waals surface area (Å²) < 4.78 is 0. The lowest BCUT2D eigenvalue weighted by atomic mass is 9.94. The molecule has 1 unspecified atom stereocenters. The summed E-state index contributed by atoms with van der Waals surface area (Å²) in [6, 6.07) is 2.71. The summed E-state index contributed by atoms with van der Waals surface area (Å²) in [6.45, 7) is 9.09. The van der Waals surface area contributed by atoms with Crippen molar-refractivity contribution in [1.82, 2.24) is 10.2 Å². The highest BCUT2D eigenvalue weighted by Crippen LogP contribution is 2.18. The van der Waals surface area contributed by atoms with Gasteiger partial charge in [0.2, 0.25) is 5.91 Å². The summed E-state index contributed by atoms with van der Waals surface area (Å²) in [5.41, 5.74) is 4.92. The average Bonchev–Trinajstić information content (AvgIpc) is 2.43. The van der Waals surface area contributed by atoms with Gasteiger partial charge in [0.15, 0.2) is 0 Å². The van der Waals surface area contributed by atoms with Crippen LogP contribution < -0.4 is 11.1 Å². The quantitative estimate of drug-likeness (QED) is 0.667. The fraction of sp³-hybridized carbons (Fsp3) is 0.875. The molecule has 1 heterocycles. The van der Waals surface area contributed by atoms with Crippen LogP contribution in [0.1, 0.15) is 52.9 Å². The summed E-state index contributed by atoms with van der Waals surface area (Å²) in [4.78, 5) is 13.5. The van der Waals surface area contributed by atoms with Crippen molar-refractivity contribution in [2.75, 3.05) is 19.6 Å². The van der Waals surface area contributed by atoms with Gasteiger partial charge < -0.3 is 10.6 Å². The van der Waals surface area contributed by atoms with Gasteiger partial charge in [-0.2, -0.15) is 5.26 Å². The first kappa shape index (κ1) is 17.9. The Labute approximate surface area is 128 Å². The van der Waals surface area contributed by atoms with E-state index in [1.54, 1.807) is 0 Å². The van der Waals surface area contributed by atoms with Gasteiger partial charge in [0.05, 0.1) is 6.07 Å². The molecule has 0 radical (unpaired) electrons. The molecule has 0 aliphatic carbocycles. The number of nitrogens with zero attached hydrogens (tertiary/aromatic N) is 2. The van der Waals surface area contributed by atoms with Crippen molar-refractivity contribution in [2.45, 2.75) is 64.5 Å². The lowest BCUT2D eigenvalue weighted by Crippen LogP contribution is -2.45. The molecule has 1 atom stereocenters. The van der Waals surface area contributed by atoms with Gasteiger partial charge in [-0.1, -0.05) is 0 Å². The third kappa shape index (κ3) is 6.45. The largest absolute Gasteiger partial charge is 0.369 e. The molecule has 1 saturated heterocycles. The molecule has 21 heavy (non-hydrogen) atoms. The highest BCUT2D eigenvalue weighted by molar-refractivity contribution is 5.76. The summed E-state index contributed by atoms with van der Waals surface area (Å²) in [6.07, 6.45) is 4.79. The van der Waals surface area contributed by atoms with E-state index in [-0.39, 0.29) is 11.8 Å². The zero-order valence-electron chi connectivity index (χ0n) is 13.7. The maximum atomic E-state index is 11.1. The van der Waals surface area contributed by atoms with Gasteiger partial charge in [-0.15, -0.1) is 0 Å². The summed E-state index contributed by atoms with van der Waals surface area (Å²) in [7, 11) is 0. The topological polar surface area (TPSA) is 82.2 Å². The SMILES string of the molecule is CC(C)NC(C)(C#N)CCCCN1CCC(C(N)=O)CC1. The number of nitrogens with two attached hydrogens (primary N) is 1. The maximum Gasteiger partial charge on any atom is 0.220 e. The van der Waals surface area contributed by atoms with E-state index in [9.17, 15) is 10.1 Å². The Morgan fingerprint density at radius 3 is 2.52 bits per heavy atom. The third-order valence-corrected chi connectivity index (χ3v) is 4.25. The van der Waals surface area contributed by atoms with E-state index < -0.39 is 5.54 Å². The molecule has 3 N–H and O–H groups in total. The minimum absolute atomic E-state index is 0.0679. The molecule has 120 valence electrons. The molecular formula is C16H30N4O. The number of nitrogens with one attached hydrogen (secondary N) is 1. The Hall–Kier alpha value is -1.12. The van der Waals surface area contributed by atoms with Gasteiger partial charge in [-0.25, -0.2) is 0 Å². The minimum Gasteiger partial charge on any atom is -0.369 e. The Morgan fingerprint density at radius 2 is 2.05 bits per heavy atom. The van der Waals surface area contributed by atoms with Crippen LogP contribution in [-0.2, 0) is 4.79 Å². The van der Waals surface area contributed by atoms with Crippen LogP contribution in [0.15, 0.2) is 0 Å². The van der Waals surface area contributed by atoms with Crippen LogP contribution in [0.2, 0.25) is 0 Å². The molecule has 1 rings (SSSR count). The van der Waals surface area contributed by atoms with E-state index in [1.807, 2.05) is 6.92 Å². The first-order valence-electron chi connectivity index (χ1n) is 8.07. The number of likely N-dealkylation sites (tertiary alicyclic amines) is 1. The number of carbonyl (C=O) groups excluding carboxylic acids is 1. The van der Waals surface area contributed by atoms with Crippen LogP contribution in [0.4, 0.5) is 0 Å². The normalized spacial score (nSPS) is 20.1. The molecule has 1 aliphatic heterocycles. The summed E-state index contributed by atoms with van der Waals surface area (Å²) in [5, 5.41) is 12.6. The van der Waals surface area contributed by atoms with Gasteiger partial charge >= 0.3 is 0 Å². The first-order valence-corrected chi connectivity index (χ1v) is 8.07. The maximum absolute atomic E-state index is 11.1. The minimum atomic E-state index is -0.423. The number of amides is 1. The summed E-state index contributed by atoms with van der Waals surface area (Å²) >= 11 is 0. The van der Waals surface area contributed by atoms with Crippen molar-refractivity contribution >= 4 is 5.91 Å². The monoisotopic (exact) mass is 294 g/mol. The fourth-order valence-electron chi connectivity index (χ4n) is 3.05. The number of piperidine rings is 1. The van der Waals surface area contributed by atoms with E-state index in [0.29, 0.717) is 6.04 Å². The first-order chi connectivity index (χ1) is 9.86. The number of nitriles is 1. The van der Waals surface area contributed by atoms with Crippen LogP contribution in [0.25, 0.3) is 0 Å². The molecular weight excluding hydrogens is 264 g/mol. The second-order valence-corrected chi connectivity index (χ2v) is 6.72. The van der Waals surface area contributed by atoms with Crippen molar-refractivity contribution in [1.29, 1.82) is 5.26 Å². The molecule has 1 amide bonds. The van der Waals surface area contributed by atoms with Gasteiger partial charge in [-0.05, 0) is 72.5 Å². The van der Waals surface area contributed by atoms with Crippen LogP contribution >= 0.6 is 0 Å². The molecule has 0 bridgehead atoms. The Bertz CT molecular complexity index is 369. The molecule has 1 fully saturated rings. The Balaban J connectivity index is 2.20. The van der Waals surface area contributed by atoms with Crippen LogP contribution in [0.5, 0.6) is 0 Å². The predicted octanol–water partition coefficient (Wildman–Crippen LogP) is 1.63. The summed E-state index contributed by atoms with van der Waals surface area (Å²) in [5.74, 6) is -0.0856. The van der Waals surface area contributed by atoms with E-state index >= 15 is 0 Å². The molecule has 0 aromatic heterocycles. The van der Waals surface area contributed by atoms with Crippen molar-refractivity contribution in [3.8, 4) is 6.07 Å². The lowest BCUT2D eigenvalue weighted by Gasteiger charge is -2.31. The van der Waals surface area contributed by atoms with Gasteiger partial charge in [0.25, 0.3) is 0 Å². The van der Waals surface area contributed by atoms with E-state index in [0.717, 1.165) is 51.7 Å². The van der Waals surface area contributed by atoms with Crippen LogP contribution in [0, 0.1) is 17.2 Å². The molecule has 5 heteroatoms. The van der Waals surface area contributed by atoms with Gasteiger partial charge in [0.1, 0.15) is 5.54 Å². The van der Waals surface area contributed by atoms with E-state index in [2.05, 4.69) is 30.1 Å². The molecule has 0 aromatic carbocycles. The van der Waals surface area contributed by atoms with E-state index in [1.165, 1.54) is 0 Å². The molecule has 0 aromatic rings. The number of carbonyl (C=O) groups is 1. The average molecular weight is 294 g/mol. The number of unbranched alkanes of at least 4 members (excludes halogenated alkanes) is 1. The van der Waals surface area contributed by atoms with Crippen molar-refractivity contribution < 1.29 is 4.79 Å². The van der Waals surface area contributed by atoms with Crippen LogP contribution in [-0.4, -0.2) is 42.0 Å². The van der Waals surface area contributed by atoms with Crippen molar-refractivity contribution in [3.05, 3.63) is 0 Å². The molecule has 5 nitrogen and oxygen atoms in total. The standard InChI is InChI=1S/C16H30N4O/c1-13(2)19-16(3,12-17)8-4-5-9-20-10-6-14(7-11-20)15(18)21/h13-14,19H,4-11H2,1-3H3,(H2,18,21). The van der Waals surface area contributed by atoms with Gasteiger partial charge in [-0.3, -0.25) is 10.1 Å². The Morgan fingerprint density at radius 1 is 1.43 bits per heavy atom. The van der Waals surface area contributed by atoms with E-state index in [4.69, 9.17) is 5.73 Å². The number of primary amides is 1. The van der Waals surface area contributed by atoms with Crippen molar-refractivity contribution in [3.63, 3.8) is 0 Å². The highest BCUT2D eigenvalue weighted by atomic mass is 16.1. The second kappa shape index (κ2) is 8.35. The third-order valence-electron chi connectivity index (χ3n) is 4.25. The number of rotatable bonds is 8. The second-order valence-electron chi connectivity index (χ2n) is 6.72. The van der Waals surface area contributed by atoms with Crippen LogP contribution in [0.3, 0.4) is 0 Å². The predicted molar refractivity (Wildman–Crippen MR) is 84.5 cm³/mol. The molecule has 1 aliphatic rings. The smallest absolute Gasteiger partial charge is 0.220 e.